The Morgan fingerprint density at radius 3 is 3.04 bits per heavy atom. The Morgan fingerprint density at radius 1 is 1.43 bits per heavy atom. The van der Waals surface area contributed by atoms with Crippen molar-refractivity contribution >= 4 is 0 Å². The number of aromatic nitrogens is 3. The maximum Gasteiger partial charge on any atom is 0.117 e. The largest absolute Gasteiger partial charge is 0.468 e. The normalized spacial score (nSPS) is 18.5. The predicted octanol–water partition coefficient (Wildman–Crippen LogP) is 1.09. The van der Waals surface area contributed by atoms with Crippen molar-refractivity contribution in [2.75, 3.05) is 40.4 Å². The summed E-state index contributed by atoms with van der Waals surface area (Å²) in [5.74, 6) is 1.26. The third-order valence-electron chi connectivity index (χ3n) is 4.14. The van der Waals surface area contributed by atoms with Gasteiger partial charge in [-0.3, -0.25) is 9.58 Å². The van der Waals surface area contributed by atoms with E-state index in [0.717, 1.165) is 44.2 Å². The molecule has 1 atom stereocenters. The van der Waals surface area contributed by atoms with Crippen LogP contribution in [0.15, 0.2) is 22.8 Å². The first-order valence-corrected chi connectivity index (χ1v) is 7.99. The Balaban J connectivity index is 1.65. The van der Waals surface area contributed by atoms with Crippen LogP contribution in [0, 0.1) is 0 Å². The monoisotopic (exact) mass is 319 g/mol. The second-order valence-electron chi connectivity index (χ2n) is 6.37. The molecule has 0 amide bonds. The van der Waals surface area contributed by atoms with E-state index >= 15 is 0 Å². The SMILES string of the molecule is CN(C)CCOC[C@H]1CN(Cc2ccco2)Cc2nnn(C)c21. The van der Waals surface area contributed by atoms with Crippen molar-refractivity contribution in [2.24, 2.45) is 7.05 Å². The molecule has 0 spiro atoms. The van der Waals surface area contributed by atoms with Gasteiger partial charge in [-0.25, -0.2) is 0 Å². The number of hydrogen-bond acceptors (Lipinski definition) is 6. The third kappa shape index (κ3) is 3.99. The minimum absolute atomic E-state index is 0.288. The molecule has 2 aromatic rings. The zero-order valence-corrected chi connectivity index (χ0v) is 14.1. The van der Waals surface area contributed by atoms with Crippen LogP contribution < -0.4 is 0 Å². The lowest BCUT2D eigenvalue weighted by Gasteiger charge is -2.31. The standard InChI is InChI=1S/C16H25N5O2/c1-19(2)6-8-22-12-13-9-21(10-14-5-4-7-23-14)11-15-16(13)20(3)18-17-15/h4-5,7,13H,6,8-12H2,1-3H3/t13-/m1/s1. The van der Waals surface area contributed by atoms with Crippen LogP contribution in [0.4, 0.5) is 0 Å². The first kappa shape index (κ1) is 16.2. The lowest BCUT2D eigenvalue weighted by atomic mass is 9.99. The van der Waals surface area contributed by atoms with E-state index in [-0.39, 0.29) is 5.92 Å². The maximum atomic E-state index is 5.89. The topological polar surface area (TPSA) is 59.6 Å². The fraction of sp³-hybridized carbons (Fsp3) is 0.625. The fourth-order valence-electron chi connectivity index (χ4n) is 3.04. The predicted molar refractivity (Wildman–Crippen MR) is 85.9 cm³/mol. The van der Waals surface area contributed by atoms with Gasteiger partial charge in [0.15, 0.2) is 0 Å². The van der Waals surface area contributed by atoms with Crippen molar-refractivity contribution < 1.29 is 9.15 Å². The molecule has 0 saturated carbocycles. The zero-order valence-electron chi connectivity index (χ0n) is 14.1. The Kier molecular flexibility index (Phi) is 5.09. The summed E-state index contributed by atoms with van der Waals surface area (Å²) >= 11 is 0. The maximum absolute atomic E-state index is 5.89. The molecule has 0 aliphatic carbocycles. The van der Waals surface area contributed by atoms with E-state index in [1.807, 2.05) is 23.9 Å². The summed E-state index contributed by atoms with van der Waals surface area (Å²) in [6.07, 6.45) is 1.72. The van der Waals surface area contributed by atoms with Crippen molar-refractivity contribution in [1.29, 1.82) is 0 Å². The number of rotatable bonds is 7. The van der Waals surface area contributed by atoms with Crippen LogP contribution in [0.5, 0.6) is 0 Å². The van der Waals surface area contributed by atoms with Crippen LogP contribution in [0.25, 0.3) is 0 Å². The Morgan fingerprint density at radius 2 is 2.30 bits per heavy atom. The van der Waals surface area contributed by atoms with E-state index in [1.165, 1.54) is 5.69 Å². The fourth-order valence-corrected chi connectivity index (χ4v) is 3.04. The molecule has 0 bridgehead atoms. The number of ether oxygens (including phenoxy) is 1. The van der Waals surface area contributed by atoms with E-state index in [9.17, 15) is 0 Å². The Bertz CT molecular complexity index is 608. The van der Waals surface area contributed by atoms with Gasteiger partial charge in [0.05, 0.1) is 31.7 Å². The molecular formula is C16H25N5O2. The van der Waals surface area contributed by atoms with Crippen LogP contribution >= 0.6 is 0 Å². The van der Waals surface area contributed by atoms with Gasteiger partial charge in [-0.15, -0.1) is 5.10 Å². The molecule has 0 fully saturated rings. The number of furan rings is 1. The summed E-state index contributed by atoms with van der Waals surface area (Å²) < 4.78 is 13.2. The number of likely N-dealkylation sites (N-methyl/N-ethyl adjacent to an activating group) is 1. The Hall–Kier alpha value is -1.70. The average Bonchev–Trinajstić information content (AvgIpc) is 3.14. The molecule has 23 heavy (non-hydrogen) atoms. The molecule has 0 radical (unpaired) electrons. The molecule has 0 N–H and O–H groups in total. The number of hydrogen-bond donors (Lipinski definition) is 0. The van der Waals surface area contributed by atoms with Crippen molar-refractivity contribution in [3.8, 4) is 0 Å². The van der Waals surface area contributed by atoms with E-state index in [4.69, 9.17) is 9.15 Å². The molecule has 0 saturated heterocycles. The van der Waals surface area contributed by atoms with Gasteiger partial charge < -0.3 is 14.1 Å². The molecule has 7 heteroatoms. The summed E-state index contributed by atoms with van der Waals surface area (Å²) in [6.45, 7) is 4.88. The molecule has 0 aromatic carbocycles. The van der Waals surface area contributed by atoms with Crippen molar-refractivity contribution in [2.45, 2.75) is 19.0 Å². The summed E-state index contributed by atoms with van der Waals surface area (Å²) in [7, 11) is 6.07. The number of nitrogens with zero attached hydrogens (tertiary/aromatic N) is 5. The highest BCUT2D eigenvalue weighted by molar-refractivity contribution is 5.20. The minimum atomic E-state index is 0.288. The van der Waals surface area contributed by atoms with Crippen LogP contribution in [-0.4, -0.2) is 65.2 Å². The highest BCUT2D eigenvalue weighted by Crippen LogP contribution is 2.27. The van der Waals surface area contributed by atoms with Gasteiger partial charge in [-0.2, -0.15) is 0 Å². The molecule has 7 nitrogen and oxygen atoms in total. The smallest absolute Gasteiger partial charge is 0.117 e. The van der Waals surface area contributed by atoms with Crippen LogP contribution in [0.3, 0.4) is 0 Å². The van der Waals surface area contributed by atoms with E-state index < -0.39 is 0 Å². The van der Waals surface area contributed by atoms with Gasteiger partial charge in [0.25, 0.3) is 0 Å². The highest BCUT2D eigenvalue weighted by Gasteiger charge is 2.30. The highest BCUT2D eigenvalue weighted by atomic mass is 16.5. The van der Waals surface area contributed by atoms with Gasteiger partial charge in [-0.05, 0) is 26.2 Å². The Labute approximate surface area is 136 Å². The second kappa shape index (κ2) is 7.25. The summed E-state index contributed by atoms with van der Waals surface area (Å²) in [4.78, 5) is 4.47. The molecule has 3 heterocycles. The van der Waals surface area contributed by atoms with Gasteiger partial charge in [0.1, 0.15) is 11.5 Å². The third-order valence-corrected chi connectivity index (χ3v) is 4.14. The zero-order chi connectivity index (χ0) is 16.2. The average molecular weight is 319 g/mol. The van der Waals surface area contributed by atoms with E-state index in [0.29, 0.717) is 6.61 Å². The summed E-state index contributed by atoms with van der Waals surface area (Å²) in [5, 5.41) is 8.51. The van der Waals surface area contributed by atoms with Crippen LogP contribution in [0.2, 0.25) is 0 Å². The van der Waals surface area contributed by atoms with Gasteiger partial charge in [-0.1, -0.05) is 5.21 Å². The summed E-state index contributed by atoms with van der Waals surface area (Å²) in [5.41, 5.74) is 2.25. The van der Waals surface area contributed by atoms with E-state index in [1.54, 1.807) is 6.26 Å². The van der Waals surface area contributed by atoms with Gasteiger partial charge in [0, 0.05) is 32.6 Å². The van der Waals surface area contributed by atoms with Crippen LogP contribution in [-0.2, 0) is 24.9 Å². The first-order chi connectivity index (χ1) is 11.1. The quantitative estimate of drug-likeness (QED) is 0.712. The van der Waals surface area contributed by atoms with Gasteiger partial charge >= 0.3 is 0 Å². The lowest BCUT2D eigenvalue weighted by Crippen LogP contribution is -2.36. The van der Waals surface area contributed by atoms with Gasteiger partial charge in [0.2, 0.25) is 0 Å². The molecule has 1 aliphatic rings. The van der Waals surface area contributed by atoms with Crippen molar-refractivity contribution in [1.82, 2.24) is 24.8 Å². The minimum Gasteiger partial charge on any atom is -0.468 e. The first-order valence-electron chi connectivity index (χ1n) is 7.99. The second-order valence-corrected chi connectivity index (χ2v) is 6.37. The molecule has 0 unspecified atom stereocenters. The van der Waals surface area contributed by atoms with Crippen LogP contribution in [0.1, 0.15) is 23.1 Å². The summed E-state index contributed by atoms with van der Waals surface area (Å²) in [6, 6.07) is 3.93. The van der Waals surface area contributed by atoms with Crippen molar-refractivity contribution in [3.05, 3.63) is 35.5 Å². The molecule has 1 aliphatic heterocycles. The van der Waals surface area contributed by atoms with Crippen molar-refractivity contribution in [3.63, 3.8) is 0 Å². The number of aryl methyl sites for hydroxylation is 1. The number of fused-ring (bicyclic) bond motifs is 1. The molecule has 2 aromatic heterocycles. The lowest BCUT2D eigenvalue weighted by molar-refractivity contribution is 0.0819. The van der Waals surface area contributed by atoms with E-state index in [2.05, 4.69) is 34.2 Å². The molecule has 3 rings (SSSR count). The molecular weight excluding hydrogens is 294 g/mol. The molecule has 126 valence electrons.